The van der Waals surface area contributed by atoms with Crippen LogP contribution in [0.3, 0.4) is 0 Å². The third kappa shape index (κ3) is 4.05. The molecular weight excluding hydrogens is 334 g/mol. The van der Waals surface area contributed by atoms with Crippen molar-refractivity contribution < 1.29 is 14.3 Å². The van der Waals surface area contributed by atoms with Crippen LogP contribution in [0.15, 0.2) is 22.7 Å². The molecule has 2 unspecified atom stereocenters. The number of esters is 1. The zero-order valence-corrected chi connectivity index (χ0v) is 14.4. The fourth-order valence-corrected chi connectivity index (χ4v) is 3.13. The zero-order valence-electron chi connectivity index (χ0n) is 12.8. The van der Waals surface area contributed by atoms with Crippen LogP contribution in [-0.4, -0.2) is 43.3 Å². The summed E-state index contributed by atoms with van der Waals surface area (Å²) in [6.07, 6.45) is 1.34. The van der Waals surface area contributed by atoms with E-state index in [0.717, 1.165) is 30.6 Å². The fraction of sp³-hybridized carbons (Fsp3) is 0.562. The molecule has 2 atom stereocenters. The van der Waals surface area contributed by atoms with E-state index in [0.29, 0.717) is 11.6 Å². The van der Waals surface area contributed by atoms with Gasteiger partial charge in [0.15, 0.2) is 0 Å². The van der Waals surface area contributed by atoms with Crippen LogP contribution in [0, 0.1) is 0 Å². The highest BCUT2D eigenvalue weighted by molar-refractivity contribution is 9.10. The number of hydrogen-bond acceptors (Lipinski definition) is 4. The highest BCUT2D eigenvalue weighted by Gasteiger charge is 2.26. The van der Waals surface area contributed by atoms with Gasteiger partial charge in [-0.2, -0.15) is 0 Å². The van der Waals surface area contributed by atoms with Gasteiger partial charge in [0.2, 0.25) is 0 Å². The summed E-state index contributed by atoms with van der Waals surface area (Å²) in [5.41, 5.74) is 1.74. The lowest BCUT2D eigenvalue weighted by Gasteiger charge is -2.38. The van der Waals surface area contributed by atoms with E-state index in [1.807, 2.05) is 18.2 Å². The quantitative estimate of drug-likeness (QED) is 0.777. The molecule has 116 valence electrons. The Morgan fingerprint density at radius 1 is 1.52 bits per heavy atom. The summed E-state index contributed by atoms with van der Waals surface area (Å²) in [6.45, 7) is 6.87. The van der Waals surface area contributed by atoms with Crippen LogP contribution in [0.4, 0.5) is 0 Å². The maximum atomic E-state index is 11.5. The van der Waals surface area contributed by atoms with E-state index in [-0.39, 0.29) is 12.1 Å². The number of morpholine rings is 1. The van der Waals surface area contributed by atoms with Crippen molar-refractivity contribution in [2.75, 3.05) is 20.3 Å². The van der Waals surface area contributed by atoms with Crippen molar-refractivity contribution in [3.05, 3.63) is 33.8 Å². The molecule has 0 bridgehead atoms. The minimum atomic E-state index is -0.311. The zero-order chi connectivity index (χ0) is 15.4. The van der Waals surface area contributed by atoms with Gasteiger partial charge in [-0.3, -0.25) is 4.90 Å². The Labute approximate surface area is 134 Å². The lowest BCUT2D eigenvalue weighted by atomic mass is 10.1. The first kappa shape index (κ1) is 16.5. The summed E-state index contributed by atoms with van der Waals surface area (Å²) in [7, 11) is 1.39. The molecule has 1 aromatic rings. The third-order valence-electron chi connectivity index (χ3n) is 3.90. The summed E-state index contributed by atoms with van der Waals surface area (Å²) in [6, 6.07) is 6.08. The van der Waals surface area contributed by atoms with Gasteiger partial charge in [0, 0.05) is 23.6 Å². The van der Waals surface area contributed by atoms with E-state index in [4.69, 9.17) is 9.47 Å². The molecule has 1 aromatic carbocycles. The molecule has 0 radical (unpaired) electrons. The molecule has 1 aliphatic rings. The minimum Gasteiger partial charge on any atom is -0.465 e. The topological polar surface area (TPSA) is 38.8 Å². The second-order valence-electron chi connectivity index (χ2n) is 5.43. The molecule has 1 saturated heterocycles. The average Bonchev–Trinajstić information content (AvgIpc) is 2.48. The smallest absolute Gasteiger partial charge is 0.337 e. The minimum absolute atomic E-state index is 0.265. The van der Waals surface area contributed by atoms with Gasteiger partial charge < -0.3 is 9.47 Å². The Morgan fingerprint density at radius 2 is 2.29 bits per heavy atom. The summed E-state index contributed by atoms with van der Waals surface area (Å²) in [5.74, 6) is -0.311. The first-order chi connectivity index (χ1) is 10.0. The predicted molar refractivity (Wildman–Crippen MR) is 85.4 cm³/mol. The summed E-state index contributed by atoms with van der Waals surface area (Å²) >= 11 is 3.56. The Morgan fingerprint density at radius 3 is 2.90 bits per heavy atom. The van der Waals surface area contributed by atoms with Crippen molar-refractivity contribution in [2.24, 2.45) is 0 Å². The molecule has 0 N–H and O–H groups in total. The molecular formula is C16H22BrNO3. The van der Waals surface area contributed by atoms with Crippen molar-refractivity contribution in [2.45, 2.75) is 39.0 Å². The SMILES string of the molecule is CCC1COC(C)CN1Cc1ccc(C(=O)OC)cc1Br. The van der Waals surface area contributed by atoms with E-state index >= 15 is 0 Å². The molecule has 0 amide bonds. The third-order valence-corrected chi connectivity index (χ3v) is 4.64. The van der Waals surface area contributed by atoms with E-state index < -0.39 is 0 Å². The largest absolute Gasteiger partial charge is 0.465 e. The van der Waals surface area contributed by atoms with Crippen LogP contribution in [-0.2, 0) is 16.0 Å². The molecule has 2 rings (SSSR count). The number of hydrogen-bond donors (Lipinski definition) is 0. The van der Waals surface area contributed by atoms with Crippen LogP contribution in [0.5, 0.6) is 0 Å². The number of nitrogens with zero attached hydrogens (tertiary/aromatic N) is 1. The molecule has 1 heterocycles. The molecule has 0 spiro atoms. The molecule has 1 fully saturated rings. The molecule has 0 aromatic heterocycles. The van der Waals surface area contributed by atoms with Gasteiger partial charge in [0.1, 0.15) is 0 Å². The van der Waals surface area contributed by atoms with Gasteiger partial charge in [0.25, 0.3) is 0 Å². The van der Waals surface area contributed by atoms with Crippen LogP contribution in [0.1, 0.15) is 36.2 Å². The molecule has 4 nitrogen and oxygen atoms in total. The van der Waals surface area contributed by atoms with Crippen molar-refractivity contribution >= 4 is 21.9 Å². The van der Waals surface area contributed by atoms with Crippen LogP contribution >= 0.6 is 15.9 Å². The monoisotopic (exact) mass is 355 g/mol. The maximum absolute atomic E-state index is 11.5. The highest BCUT2D eigenvalue weighted by atomic mass is 79.9. The van der Waals surface area contributed by atoms with E-state index in [9.17, 15) is 4.79 Å². The molecule has 0 saturated carbocycles. The maximum Gasteiger partial charge on any atom is 0.337 e. The Hall–Kier alpha value is -0.910. The van der Waals surface area contributed by atoms with Gasteiger partial charge in [-0.15, -0.1) is 0 Å². The molecule has 1 aliphatic heterocycles. The van der Waals surface area contributed by atoms with Crippen molar-refractivity contribution in [3.63, 3.8) is 0 Å². The first-order valence-corrected chi connectivity index (χ1v) is 8.06. The van der Waals surface area contributed by atoms with Crippen molar-refractivity contribution in [1.82, 2.24) is 4.90 Å². The lowest BCUT2D eigenvalue weighted by Crippen LogP contribution is -2.47. The predicted octanol–water partition coefficient (Wildman–Crippen LogP) is 3.24. The van der Waals surface area contributed by atoms with E-state index in [2.05, 4.69) is 34.7 Å². The lowest BCUT2D eigenvalue weighted by molar-refractivity contribution is -0.0592. The van der Waals surface area contributed by atoms with Crippen LogP contribution in [0.2, 0.25) is 0 Å². The molecule has 5 heteroatoms. The summed E-state index contributed by atoms with van der Waals surface area (Å²) in [5, 5.41) is 0. The normalized spacial score (nSPS) is 23.0. The van der Waals surface area contributed by atoms with Gasteiger partial charge in [-0.25, -0.2) is 4.79 Å². The van der Waals surface area contributed by atoms with Crippen LogP contribution in [0.25, 0.3) is 0 Å². The van der Waals surface area contributed by atoms with E-state index in [1.54, 1.807) is 0 Å². The number of benzene rings is 1. The summed E-state index contributed by atoms with van der Waals surface area (Å²) < 4.78 is 11.4. The summed E-state index contributed by atoms with van der Waals surface area (Å²) in [4.78, 5) is 14.0. The van der Waals surface area contributed by atoms with Gasteiger partial charge in [-0.05, 0) is 31.0 Å². The number of ether oxygens (including phenoxy) is 2. The standard InChI is InChI=1S/C16H22BrNO3/c1-4-14-10-21-11(2)8-18(14)9-13-6-5-12(7-15(13)17)16(19)20-3/h5-7,11,14H,4,8-10H2,1-3H3. The first-order valence-electron chi connectivity index (χ1n) is 7.27. The second kappa shape index (κ2) is 7.38. The highest BCUT2D eigenvalue weighted by Crippen LogP contribution is 2.24. The van der Waals surface area contributed by atoms with Gasteiger partial charge in [0.05, 0.1) is 25.4 Å². The van der Waals surface area contributed by atoms with E-state index in [1.165, 1.54) is 12.7 Å². The molecule has 21 heavy (non-hydrogen) atoms. The number of carbonyl (C=O) groups excluding carboxylic acids is 1. The fourth-order valence-electron chi connectivity index (χ4n) is 2.62. The Balaban J connectivity index is 2.13. The average molecular weight is 356 g/mol. The number of methoxy groups -OCH3 is 1. The van der Waals surface area contributed by atoms with Gasteiger partial charge in [-0.1, -0.05) is 28.9 Å². The van der Waals surface area contributed by atoms with Crippen molar-refractivity contribution in [1.29, 1.82) is 0 Å². The number of carbonyl (C=O) groups is 1. The van der Waals surface area contributed by atoms with Crippen molar-refractivity contribution in [3.8, 4) is 0 Å². The second-order valence-corrected chi connectivity index (χ2v) is 6.29. The molecule has 0 aliphatic carbocycles. The Bertz CT molecular complexity index is 506. The Kier molecular flexibility index (Phi) is 5.79. The number of halogens is 1. The number of rotatable bonds is 4. The van der Waals surface area contributed by atoms with Gasteiger partial charge >= 0.3 is 5.97 Å². The van der Waals surface area contributed by atoms with Crippen LogP contribution < -0.4 is 0 Å².